The van der Waals surface area contributed by atoms with Crippen LogP contribution in [0.1, 0.15) is 31.7 Å². The molecule has 0 N–H and O–H groups in total. The molecule has 0 unspecified atom stereocenters. The molecular weight excluding hydrogens is 340 g/mol. The molecule has 1 fully saturated rings. The zero-order chi connectivity index (χ0) is 18.4. The summed E-state index contributed by atoms with van der Waals surface area (Å²) < 4.78 is 3.29. The molecule has 1 saturated carbocycles. The summed E-state index contributed by atoms with van der Waals surface area (Å²) in [5, 5.41) is 0.921. The highest BCUT2D eigenvalue weighted by molar-refractivity contribution is 5.91. The first-order valence-corrected chi connectivity index (χ1v) is 9.21. The predicted molar refractivity (Wildman–Crippen MR) is 104 cm³/mol. The van der Waals surface area contributed by atoms with E-state index in [4.69, 9.17) is 0 Å². The van der Waals surface area contributed by atoms with Gasteiger partial charge in [0.25, 0.3) is 11.1 Å². The second kappa shape index (κ2) is 6.16. The monoisotopic (exact) mass is 358 g/mol. The van der Waals surface area contributed by atoms with E-state index in [1.165, 1.54) is 4.57 Å². The van der Waals surface area contributed by atoms with Crippen LogP contribution in [0.5, 0.6) is 0 Å². The molecule has 27 heavy (non-hydrogen) atoms. The Hall–Kier alpha value is -3.28. The Balaban J connectivity index is 1.76. The van der Waals surface area contributed by atoms with Gasteiger partial charge in [-0.25, -0.2) is 9.97 Å². The van der Waals surface area contributed by atoms with E-state index in [0.29, 0.717) is 27.6 Å². The van der Waals surface area contributed by atoms with Gasteiger partial charge in [-0.3, -0.25) is 14.2 Å². The number of nitrogens with zero attached hydrogens (tertiary/aromatic N) is 4. The van der Waals surface area contributed by atoms with Gasteiger partial charge in [0.15, 0.2) is 0 Å². The van der Waals surface area contributed by atoms with Gasteiger partial charge in [-0.2, -0.15) is 0 Å². The zero-order valence-electron chi connectivity index (χ0n) is 14.7. The van der Waals surface area contributed by atoms with Crippen molar-refractivity contribution in [1.82, 2.24) is 19.1 Å². The van der Waals surface area contributed by atoms with Gasteiger partial charge in [0.2, 0.25) is 0 Å². The molecule has 0 saturated heterocycles. The normalized spacial score (nSPS) is 15.0. The molecule has 134 valence electrons. The van der Waals surface area contributed by atoms with Crippen LogP contribution < -0.4 is 11.1 Å². The lowest BCUT2D eigenvalue weighted by atomic mass is 10.1. The minimum atomic E-state index is -0.226. The van der Waals surface area contributed by atoms with Crippen LogP contribution in [0.4, 0.5) is 0 Å². The van der Waals surface area contributed by atoms with Crippen molar-refractivity contribution in [2.24, 2.45) is 0 Å². The van der Waals surface area contributed by atoms with Crippen molar-refractivity contribution in [1.29, 1.82) is 0 Å². The Kier molecular flexibility index (Phi) is 3.63. The van der Waals surface area contributed by atoms with E-state index in [2.05, 4.69) is 9.97 Å². The summed E-state index contributed by atoms with van der Waals surface area (Å²) in [6.45, 7) is 0. The average molecular weight is 358 g/mol. The van der Waals surface area contributed by atoms with E-state index in [-0.39, 0.29) is 17.2 Å². The van der Waals surface area contributed by atoms with Gasteiger partial charge in [-0.05, 0) is 43.2 Å². The zero-order valence-corrected chi connectivity index (χ0v) is 14.7. The molecule has 4 heterocycles. The lowest BCUT2D eigenvalue weighted by molar-refractivity contribution is 0.505. The molecule has 0 aromatic carbocycles. The minimum Gasteiger partial charge on any atom is -0.312 e. The Labute approximate surface area is 154 Å². The average Bonchev–Trinajstić information content (AvgIpc) is 3.23. The standard InChI is InChI=1S/C21H18N4O2/c26-20-15-13-16-18(9-12-25(21(16)27)19-7-3-4-10-22-19)23-17(15)8-11-24(20)14-5-1-2-6-14/h3-4,7-14H,1-2,5-6H2. The third kappa shape index (κ3) is 2.56. The maximum atomic E-state index is 13.0. The second-order valence-corrected chi connectivity index (χ2v) is 7.00. The summed E-state index contributed by atoms with van der Waals surface area (Å²) in [7, 11) is 0. The maximum absolute atomic E-state index is 13.0. The van der Waals surface area contributed by atoms with E-state index in [0.717, 1.165) is 25.7 Å². The Morgan fingerprint density at radius 1 is 0.889 bits per heavy atom. The van der Waals surface area contributed by atoms with Crippen molar-refractivity contribution in [2.45, 2.75) is 31.7 Å². The quantitative estimate of drug-likeness (QED) is 0.516. The smallest absolute Gasteiger partial charge is 0.265 e. The topological polar surface area (TPSA) is 69.8 Å². The van der Waals surface area contributed by atoms with Gasteiger partial charge in [-0.1, -0.05) is 18.9 Å². The highest BCUT2D eigenvalue weighted by Crippen LogP contribution is 2.28. The summed E-state index contributed by atoms with van der Waals surface area (Å²) in [5.41, 5.74) is 0.909. The largest absolute Gasteiger partial charge is 0.312 e. The predicted octanol–water partition coefficient (Wildman–Crippen LogP) is 3.21. The summed E-state index contributed by atoms with van der Waals surface area (Å²) in [4.78, 5) is 34.8. The van der Waals surface area contributed by atoms with Gasteiger partial charge in [0.1, 0.15) is 5.82 Å². The molecule has 0 radical (unpaired) electrons. The molecule has 5 rings (SSSR count). The lowest BCUT2D eigenvalue weighted by Crippen LogP contribution is -2.24. The fourth-order valence-corrected chi connectivity index (χ4v) is 3.99. The van der Waals surface area contributed by atoms with E-state index in [1.807, 2.05) is 22.9 Å². The van der Waals surface area contributed by atoms with Crippen LogP contribution in [0.2, 0.25) is 0 Å². The van der Waals surface area contributed by atoms with Crippen LogP contribution >= 0.6 is 0 Å². The third-order valence-electron chi connectivity index (χ3n) is 5.38. The van der Waals surface area contributed by atoms with Crippen molar-refractivity contribution in [2.75, 3.05) is 0 Å². The maximum Gasteiger partial charge on any atom is 0.265 e. The number of pyridine rings is 4. The van der Waals surface area contributed by atoms with E-state index in [1.54, 1.807) is 36.7 Å². The molecule has 1 aliphatic carbocycles. The Bertz CT molecular complexity index is 1270. The van der Waals surface area contributed by atoms with Gasteiger partial charge in [0, 0.05) is 24.6 Å². The van der Waals surface area contributed by atoms with Crippen molar-refractivity contribution in [3.63, 3.8) is 0 Å². The first-order chi connectivity index (χ1) is 13.2. The highest BCUT2D eigenvalue weighted by Gasteiger charge is 2.19. The van der Waals surface area contributed by atoms with E-state index >= 15 is 0 Å². The number of hydrogen-bond donors (Lipinski definition) is 0. The molecule has 0 aliphatic heterocycles. The molecule has 0 amide bonds. The number of hydrogen-bond acceptors (Lipinski definition) is 4. The molecule has 4 aromatic rings. The van der Waals surface area contributed by atoms with Gasteiger partial charge in [0.05, 0.1) is 21.8 Å². The fourth-order valence-electron chi connectivity index (χ4n) is 3.99. The van der Waals surface area contributed by atoms with E-state index < -0.39 is 0 Å². The lowest BCUT2D eigenvalue weighted by Gasteiger charge is -2.14. The minimum absolute atomic E-state index is 0.0681. The summed E-state index contributed by atoms with van der Waals surface area (Å²) in [6.07, 6.45) is 9.52. The fraction of sp³-hybridized carbons (Fsp3) is 0.238. The molecule has 0 bridgehead atoms. The van der Waals surface area contributed by atoms with Gasteiger partial charge >= 0.3 is 0 Å². The van der Waals surface area contributed by atoms with Crippen LogP contribution in [-0.2, 0) is 0 Å². The molecule has 4 aromatic heterocycles. The molecular formula is C21H18N4O2. The van der Waals surface area contributed by atoms with Crippen LogP contribution in [-0.4, -0.2) is 19.1 Å². The summed E-state index contributed by atoms with van der Waals surface area (Å²) in [6, 6.07) is 11.0. The summed E-state index contributed by atoms with van der Waals surface area (Å²) in [5.74, 6) is 0.543. The van der Waals surface area contributed by atoms with E-state index in [9.17, 15) is 9.59 Å². The first-order valence-electron chi connectivity index (χ1n) is 9.21. The molecule has 6 heteroatoms. The van der Waals surface area contributed by atoms with Crippen molar-refractivity contribution in [3.05, 3.63) is 75.7 Å². The second-order valence-electron chi connectivity index (χ2n) is 7.00. The molecule has 1 aliphatic rings. The van der Waals surface area contributed by atoms with Crippen molar-refractivity contribution < 1.29 is 0 Å². The molecule has 6 nitrogen and oxygen atoms in total. The molecule has 0 spiro atoms. The Morgan fingerprint density at radius 3 is 2.37 bits per heavy atom. The van der Waals surface area contributed by atoms with Crippen LogP contribution in [0.15, 0.2) is 64.6 Å². The number of rotatable bonds is 2. The first kappa shape index (κ1) is 15.9. The number of fused-ring (bicyclic) bond motifs is 2. The van der Waals surface area contributed by atoms with Crippen LogP contribution in [0.25, 0.3) is 27.6 Å². The number of aromatic nitrogens is 4. The summed E-state index contributed by atoms with van der Waals surface area (Å²) >= 11 is 0. The molecule has 0 atom stereocenters. The third-order valence-corrected chi connectivity index (χ3v) is 5.38. The highest BCUT2D eigenvalue weighted by atomic mass is 16.1. The van der Waals surface area contributed by atoms with Crippen molar-refractivity contribution >= 4 is 21.8 Å². The van der Waals surface area contributed by atoms with Crippen LogP contribution in [0, 0.1) is 0 Å². The van der Waals surface area contributed by atoms with Crippen molar-refractivity contribution in [3.8, 4) is 5.82 Å². The van der Waals surface area contributed by atoms with Gasteiger partial charge in [-0.15, -0.1) is 0 Å². The van der Waals surface area contributed by atoms with Crippen LogP contribution in [0.3, 0.4) is 0 Å². The van der Waals surface area contributed by atoms with Gasteiger partial charge < -0.3 is 4.57 Å². The Morgan fingerprint density at radius 2 is 1.63 bits per heavy atom. The SMILES string of the molecule is O=c1c2cc3c(=O)n(C4CCCC4)ccc3nc2ccn1-c1ccccn1.